The molecule has 6 heteroatoms. The maximum Gasteiger partial charge on any atom is 0.268 e. The van der Waals surface area contributed by atoms with E-state index in [9.17, 15) is 14.7 Å². The van der Waals surface area contributed by atoms with Gasteiger partial charge >= 0.3 is 0 Å². The van der Waals surface area contributed by atoms with E-state index in [2.05, 4.69) is 5.32 Å². The second kappa shape index (κ2) is 6.46. The molecule has 2 unspecified atom stereocenters. The third kappa shape index (κ3) is 2.82. The highest BCUT2D eigenvalue weighted by Crippen LogP contribution is 2.29. The van der Waals surface area contributed by atoms with Gasteiger partial charge in [0.05, 0.1) is 6.04 Å². The van der Waals surface area contributed by atoms with Crippen molar-refractivity contribution < 1.29 is 19.4 Å². The Morgan fingerprint density at radius 3 is 2.69 bits per heavy atom. The molecule has 2 aliphatic heterocycles. The number of amides is 2. The Hall–Kier alpha value is -2.86. The molecule has 2 amide bonds. The van der Waals surface area contributed by atoms with Gasteiger partial charge in [-0.05, 0) is 30.2 Å². The van der Waals surface area contributed by atoms with Crippen LogP contribution in [0, 0.1) is 0 Å². The molecule has 0 bridgehead atoms. The van der Waals surface area contributed by atoms with Crippen LogP contribution in [0.4, 0.5) is 5.69 Å². The van der Waals surface area contributed by atoms with Gasteiger partial charge in [0.1, 0.15) is 12.4 Å². The summed E-state index contributed by atoms with van der Waals surface area (Å²) in [5.41, 5.74) is -0.358. The van der Waals surface area contributed by atoms with Crippen LogP contribution in [-0.2, 0) is 16.0 Å². The maximum atomic E-state index is 12.7. The Labute approximate surface area is 151 Å². The number of rotatable bonds is 3. The fourth-order valence-electron chi connectivity index (χ4n) is 3.50. The van der Waals surface area contributed by atoms with Crippen molar-refractivity contribution in [2.24, 2.45) is 0 Å². The van der Waals surface area contributed by atoms with Crippen molar-refractivity contribution in [3.05, 3.63) is 60.2 Å². The highest BCUT2D eigenvalue weighted by atomic mass is 16.5. The first kappa shape index (κ1) is 16.6. The summed E-state index contributed by atoms with van der Waals surface area (Å²) in [6.07, 6.45) is 0.672. The van der Waals surface area contributed by atoms with Gasteiger partial charge in [-0.15, -0.1) is 0 Å². The van der Waals surface area contributed by atoms with Crippen molar-refractivity contribution >= 4 is 17.5 Å². The predicted molar refractivity (Wildman–Crippen MR) is 95.9 cm³/mol. The van der Waals surface area contributed by atoms with Gasteiger partial charge in [0.25, 0.3) is 11.8 Å². The molecule has 2 aliphatic rings. The molecule has 2 aromatic rings. The predicted octanol–water partition coefficient (Wildman–Crippen LogP) is 1.27. The third-order valence-corrected chi connectivity index (χ3v) is 4.95. The zero-order valence-corrected chi connectivity index (χ0v) is 14.2. The zero-order chi connectivity index (χ0) is 18.1. The van der Waals surface area contributed by atoms with Crippen LogP contribution < -0.4 is 15.0 Å². The van der Waals surface area contributed by atoms with Crippen LogP contribution in [0.25, 0.3) is 0 Å². The Kier molecular flexibility index (Phi) is 4.12. The van der Waals surface area contributed by atoms with Crippen molar-refractivity contribution in [3.63, 3.8) is 0 Å². The van der Waals surface area contributed by atoms with Crippen LogP contribution in [0.5, 0.6) is 5.75 Å². The minimum atomic E-state index is -2.03. The molecule has 2 atom stereocenters. The number of hydrogen-bond donors (Lipinski definition) is 2. The van der Waals surface area contributed by atoms with E-state index in [1.54, 1.807) is 12.1 Å². The van der Waals surface area contributed by atoms with E-state index in [4.69, 9.17) is 4.74 Å². The Bertz CT molecular complexity index is 839. The van der Waals surface area contributed by atoms with Crippen LogP contribution in [0.1, 0.15) is 12.0 Å². The number of benzene rings is 2. The van der Waals surface area contributed by atoms with E-state index < -0.39 is 17.4 Å². The summed E-state index contributed by atoms with van der Waals surface area (Å²) in [5.74, 6) is -0.434. The van der Waals surface area contributed by atoms with Gasteiger partial charge in [-0.2, -0.15) is 0 Å². The number of nitrogens with zero attached hydrogens (tertiary/aromatic N) is 1. The van der Waals surface area contributed by atoms with Crippen molar-refractivity contribution in [2.45, 2.75) is 24.5 Å². The summed E-state index contributed by atoms with van der Waals surface area (Å²) in [6, 6.07) is 16.4. The average Bonchev–Trinajstić information content (AvgIpc) is 2.98. The van der Waals surface area contributed by atoms with Gasteiger partial charge in [-0.1, -0.05) is 36.4 Å². The molecule has 1 fully saturated rings. The number of carbonyl (C=O) groups is 2. The fraction of sp³-hybridized carbons (Fsp3) is 0.300. The molecule has 2 N–H and O–H groups in total. The molecule has 134 valence electrons. The van der Waals surface area contributed by atoms with Crippen LogP contribution in [0.15, 0.2) is 54.6 Å². The number of carbonyl (C=O) groups excluding carboxylic acids is 2. The Balaban J connectivity index is 1.46. The quantitative estimate of drug-likeness (QED) is 0.816. The number of para-hydroxylation sites is 2. The van der Waals surface area contributed by atoms with Crippen LogP contribution in [0.2, 0.25) is 0 Å². The van der Waals surface area contributed by atoms with Gasteiger partial charge in [-0.3, -0.25) is 9.59 Å². The second-order valence-electron chi connectivity index (χ2n) is 6.70. The largest absolute Gasteiger partial charge is 0.491 e. The standard InChI is InChI=1S/C20H20N2O4/c23-18(21-15-12-14-6-4-5-9-17(14)26-13-15)20(25)10-11-22(19(20)24)16-7-2-1-3-8-16/h1-9,15,25H,10-13H2,(H,21,23). The highest BCUT2D eigenvalue weighted by molar-refractivity contribution is 6.16. The van der Waals surface area contributed by atoms with Crippen LogP contribution in [-0.4, -0.2) is 41.7 Å². The SMILES string of the molecule is O=C(NC1COc2ccccc2C1)C1(O)CCN(c2ccccc2)C1=O. The van der Waals surface area contributed by atoms with Gasteiger partial charge in [0, 0.05) is 18.7 Å². The first-order valence-corrected chi connectivity index (χ1v) is 8.69. The van der Waals surface area contributed by atoms with E-state index in [0.717, 1.165) is 11.3 Å². The lowest BCUT2D eigenvalue weighted by atomic mass is 9.98. The summed E-state index contributed by atoms with van der Waals surface area (Å²) in [7, 11) is 0. The summed E-state index contributed by atoms with van der Waals surface area (Å²) < 4.78 is 5.66. The summed E-state index contributed by atoms with van der Waals surface area (Å²) in [6.45, 7) is 0.617. The first-order valence-electron chi connectivity index (χ1n) is 8.69. The minimum absolute atomic E-state index is 0.0662. The molecule has 0 aromatic heterocycles. The van der Waals surface area contributed by atoms with E-state index in [1.807, 2.05) is 42.5 Å². The molecule has 0 spiro atoms. The number of hydrogen-bond acceptors (Lipinski definition) is 4. The molecule has 0 saturated carbocycles. The minimum Gasteiger partial charge on any atom is -0.491 e. The van der Waals surface area contributed by atoms with Crippen molar-refractivity contribution in [2.75, 3.05) is 18.1 Å². The Morgan fingerprint density at radius 1 is 1.15 bits per heavy atom. The fourth-order valence-corrected chi connectivity index (χ4v) is 3.50. The summed E-state index contributed by atoms with van der Waals surface area (Å²) >= 11 is 0. The monoisotopic (exact) mass is 352 g/mol. The van der Waals surface area contributed by atoms with Gasteiger partial charge < -0.3 is 20.1 Å². The topological polar surface area (TPSA) is 78.9 Å². The highest BCUT2D eigenvalue weighted by Gasteiger charge is 2.52. The number of ether oxygens (including phenoxy) is 1. The lowest BCUT2D eigenvalue weighted by Gasteiger charge is -2.29. The lowest BCUT2D eigenvalue weighted by Crippen LogP contribution is -2.56. The molecule has 0 aliphatic carbocycles. The number of anilines is 1. The van der Waals surface area contributed by atoms with Crippen molar-refractivity contribution in [1.29, 1.82) is 0 Å². The molecule has 0 radical (unpaired) electrons. The Morgan fingerprint density at radius 2 is 1.88 bits per heavy atom. The van der Waals surface area contributed by atoms with E-state index in [-0.39, 0.29) is 12.5 Å². The molecule has 4 rings (SSSR count). The van der Waals surface area contributed by atoms with Crippen molar-refractivity contribution in [3.8, 4) is 5.75 Å². The normalized spacial score (nSPS) is 24.7. The molecular weight excluding hydrogens is 332 g/mol. The van der Waals surface area contributed by atoms with Gasteiger partial charge in [-0.25, -0.2) is 0 Å². The average molecular weight is 352 g/mol. The van der Waals surface area contributed by atoms with Gasteiger partial charge in [0.15, 0.2) is 0 Å². The maximum absolute atomic E-state index is 12.7. The summed E-state index contributed by atoms with van der Waals surface area (Å²) in [5, 5.41) is 13.5. The first-order chi connectivity index (χ1) is 12.6. The number of nitrogens with one attached hydrogen (secondary N) is 1. The lowest BCUT2D eigenvalue weighted by molar-refractivity contribution is -0.149. The summed E-state index contributed by atoms with van der Waals surface area (Å²) in [4.78, 5) is 26.8. The van der Waals surface area contributed by atoms with Crippen LogP contribution in [0.3, 0.4) is 0 Å². The van der Waals surface area contributed by atoms with E-state index in [1.165, 1.54) is 4.90 Å². The zero-order valence-electron chi connectivity index (χ0n) is 14.2. The second-order valence-corrected chi connectivity index (χ2v) is 6.70. The van der Waals surface area contributed by atoms with E-state index >= 15 is 0 Å². The molecule has 26 heavy (non-hydrogen) atoms. The molecule has 2 heterocycles. The van der Waals surface area contributed by atoms with Crippen molar-refractivity contribution in [1.82, 2.24) is 5.32 Å². The van der Waals surface area contributed by atoms with Crippen LogP contribution >= 0.6 is 0 Å². The molecule has 1 saturated heterocycles. The molecular formula is C20H20N2O4. The smallest absolute Gasteiger partial charge is 0.268 e. The number of fused-ring (bicyclic) bond motifs is 1. The van der Waals surface area contributed by atoms with Gasteiger partial charge in [0.2, 0.25) is 5.60 Å². The molecule has 2 aromatic carbocycles. The van der Waals surface area contributed by atoms with E-state index in [0.29, 0.717) is 25.3 Å². The third-order valence-electron chi connectivity index (χ3n) is 4.95. The molecule has 6 nitrogen and oxygen atoms in total. The number of aliphatic hydroxyl groups is 1.